The van der Waals surface area contributed by atoms with Crippen LogP contribution in [-0.2, 0) is 14.9 Å². The van der Waals surface area contributed by atoms with Crippen molar-refractivity contribution in [2.75, 3.05) is 5.75 Å². The summed E-state index contributed by atoms with van der Waals surface area (Å²) in [5.74, 6) is -1.52. The molecule has 0 radical (unpaired) electrons. The van der Waals surface area contributed by atoms with E-state index in [1.54, 1.807) is 0 Å². The van der Waals surface area contributed by atoms with Crippen LogP contribution in [-0.4, -0.2) is 53.1 Å². The largest absolute Gasteiger partial charge is 0.387 e. The van der Waals surface area contributed by atoms with Crippen LogP contribution >= 0.6 is 0 Å². The van der Waals surface area contributed by atoms with Crippen molar-refractivity contribution in [1.82, 2.24) is 5.32 Å². The summed E-state index contributed by atoms with van der Waals surface area (Å²) in [5, 5.41) is 23.6. The van der Waals surface area contributed by atoms with Crippen LogP contribution in [0.4, 0.5) is 0 Å². The lowest BCUT2D eigenvalue weighted by Crippen LogP contribution is -2.50. The van der Waals surface area contributed by atoms with Gasteiger partial charge in [0.1, 0.15) is 6.10 Å². The molecule has 0 aliphatic heterocycles. The highest BCUT2D eigenvalue weighted by atomic mass is 32.2. The first-order valence-electron chi connectivity index (χ1n) is 26.0. The van der Waals surface area contributed by atoms with Crippen LogP contribution in [0.25, 0.3) is 0 Å². The van der Waals surface area contributed by atoms with Gasteiger partial charge in [-0.3, -0.25) is 9.35 Å². The Morgan fingerprint density at radius 1 is 0.458 bits per heavy atom. The zero-order valence-corrected chi connectivity index (χ0v) is 40.1. The predicted molar refractivity (Wildman–Crippen MR) is 255 cm³/mol. The number of hydrogen-bond donors (Lipinski definition) is 4. The van der Waals surface area contributed by atoms with E-state index in [1.807, 2.05) is 6.08 Å². The lowest BCUT2D eigenvalue weighted by Gasteiger charge is -2.22. The molecule has 0 aromatic rings. The standard InChI is InChI=1S/C51H101NO6S/c1-3-5-7-9-11-13-15-17-19-21-23-25-27-29-31-33-35-37-39-41-43-45-49(53)48(47-59(56,57)58)52-51(55)50(54)46-44-42-40-38-36-34-32-30-28-26-24-22-20-18-16-14-12-10-8-6-4-2/h43,45,48-50,53-54H,3-42,44,46-47H2,1-2H3,(H,52,55)(H,56,57,58)/b45-43+. The number of aliphatic hydroxyl groups is 2. The molecule has 0 aromatic heterocycles. The van der Waals surface area contributed by atoms with Crippen LogP contribution in [0.5, 0.6) is 0 Å². The summed E-state index contributed by atoms with van der Waals surface area (Å²) >= 11 is 0. The van der Waals surface area contributed by atoms with E-state index >= 15 is 0 Å². The van der Waals surface area contributed by atoms with Crippen molar-refractivity contribution in [1.29, 1.82) is 0 Å². The third kappa shape index (κ3) is 44.9. The van der Waals surface area contributed by atoms with Gasteiger partial charge in [0.25, 0.3) is 10.1 Å². The number of amides is 1. The molecule has 3 unspecified atom stereocenters. The maximum atomic E-state index is 12.7. The Morgan fingerprint density at radius 2 is 0.729 bits per heavy atom. The first-order chi connectivity index (χ1) is 28.7. The van der Waals surface area contributed by atoms with Gasteiger partial charge in [0.15, 0.2) is 0 Å². The Balaban J connectivity index is 3.85. The van der Waals surface area contributed by atoms with E-state index in [2.05, 4.69) is 19.2 Å². The van der Waals surface area contributed by atoms with E-state index in [-0.39, 0.29) is 6.42 Å². The molecule has 0 heterocycles. The molecule has 1 amide bonds. The van der Waals surface area contributed by atoms with Crippen molar-refractivity contribution in [2.45, 2.75) is 302 Å². The summed E-state index contributed by atoms with van der Waals surface area (Å²) in [6.45, 7) is 4.55. The first-order valence-corrected chi connectivity index (χ1v) is 27.6. The molecular formula is C51H101NO6S. The summed E-state index contributed by atoms with van der Waals surface area (Å²) in [5.41, 5.74) is 0. The molecule has 352 valence electrons. The number of carbonyl (C=O) groups excluding carboxylic acids is 1. The van der Waals surface area contributed by atoms with E-state index in [9.17, 15) is 28.0 Å². The van der Waals surface area contributed by atoms with Crippen molar-refractivity contribution >= 4 is 16.0 Å². The molecule has 0 aromatic carbocycles. The number of aliphatic hydroxyl groups excluding tert-OH is 2. The topological polar surface area (TPSA) is 124 Å². The molecule has 0 spiro atoms. The number of nitrogens with one attached hydrogen (secondary N) is 1. The van der Waals surface area contributed by atoms with Gasteiger partial charge in [0.2, 0.25) is 5.91 Å². The number of rotatable bonds is 48. The zero-order chi connectivity index (χ0) is 43.3. The van der Waals surface area contributed by atoms with Crippen molar-refractivity contribution in [2.24, 2.45) is 0 Å². The van der Waals surface area contributed by atoms with E-state index in [1.165, 1.54) is 224 Å². The second-order valence-electron chi connectivity index (χ2n) is 18.3. The third-order valence-corrected chi connectivity index (χ3v) is 13.1. The second kappa shape index (κ2) is 45.1. The van der Waals surface area contributed by atoms with E-state index < -0.39 is 40.0 Å². The van der Waals surface area contributed by atoms with Gasteiger partial charge in [-0.15, -0.1) is 0 Å². The molecule has 4 N–H and O–H groups in total. The van der Waals surface area contributed by atoms with E-state index in [0.717, 1.165) is 38.5 Å². The van der Waals surface area contributed by atoms with Gasteiger partial charge < -0.3 is 15.5 Å². The molecule has 59 heavy (non-hydrogen) atoms. The molecule has 0 rings (SSSR count). The minimum Gasteiger partial charge on any atom is -0.387 e. The second-order valence-corrected chi connectivity index (χ2v) is 19.8. The predicted octanol–water partition coefficient (Wildman–Crippen LogP) is 15.1. The normalized spacial score (nSPS) is 13.6. The third-order valence-electron chi connectivity index (χ3n) is 12.3. The number of unbranched alkanes of at least 4 members (excludes halogenated alkanes) is 39. The molecule has 7 nitrogen and oxygen atoms in total. The monoisotopic (exact) mass is 856 g/mol. The number of hydrogen-bond acceptors (Lipinski definition) is 5. The van der Waals surface area contributed by atoms with Crippen molar-refractivity contribution < 1.29 is 28.0 Å². The minimum absolute atomic E-state index is 0.287. The highest BCUT2D eigenvalue weighted by Gasteiger charge is 2.27. The number of carbonyl (C=O) groups is 1. The molecule has 0 aliphatic carbocycles. The highest BCUT2D eigenvalue weighted by Crippen LogP contribution is 2.17. The SMILES string of the molecule is CCCCCCCCCCCCCCCCCCCCC/C=C/C(O)C(CS(=O)(=O)O)NC(=O)C(O)CCCCCCCCCCCCCCCCCCCCCCC. The van der Waals surface area contributed by atoms with Gasteiger partial charge in [-0.1, -0.05) is 276 Å². The van der Waals surface area contributed by atoms with Crippen LogP contribution in [0.15, 0.2) is 12.2 Å². The summed E-state index contributed by atoms with van der Waals surface area (Å²) in [6.07, 6.45) is 54.2. The maximum absolute atomic E-state index is 12.7. The van der Waals surface area contributed by atoms with Gasteiger partial charge in [-0.05, 0) is 19.3 Å². The summed E-state index contributed by atoms with van der Waals surface area (Å²) in [7, 11) is -4.44. The molecule has 8 heteroatoms. The Morgan fingerprint density at radius 3 is 1.02 bits per heavy atom. The lowest BCUT2D eigenvalue weighted by molar-refractivity contribution is -0.130. The average molecular weight is 856 g/mol. The Hall–Kier alpha value is -0.960. The summed E-state index contributed by atoms with van der Waals surface area (Å²) in [4.78, 5) is 12.7. The van der Waals surface area contributed by atoms with Crippen LogP contribution in [0.2, 0.25) is 0 Å². The summed E-state index contributed by atoms with van der Waals surface area (Å²) < 4.78 is 32.7. The Kier molecular flexibility index (Phi) is 44.3. The molecule has 0 fully saturated rings. The van der Waals surface area contributed by atoms with Gasteiger partial charge in [-0.2, -0.15) is 8.42 Å². The maximum Gasteiger partial charge on any atom is 0.267 e. The average Bonchev–Trinajstić information content (AvgIpc) is 3.21. The molecular weight excluding hydrogens is 755 g/mol. The fourth-order valence-corrected chi connectivity index (χ4v) is 9.08. The minimum atomic E-state index is -4.44. The molecule has 0 saturated heterocycles. The summed E-state index contributed by atoms with van der Waals surface area (Å²) in [6, 6.07) is -1.23. The highest BCUT2D eigenvalue weighted by molar-refractivity contribution is 7.85. The fourth-order valence-electron chi connectivity index (χ4n) is 8.34. The molecule has 3 atom stereocenters. The van der Waals surface area contributed by atoms with E-state index in [4.69, 9.17) is 0 Å². The van der Waals surface area contributed by atoms with Crippen LogP contribution in [0.1, 0.15) is 284 Å². The van der Waals surface area contributed by atoms with Crippen LogP contribution < -0.4 is 5.32 Å². The molecule has 0 bridgehead atoms. The Bertz CT molecular complexity index is 1000. The van der Waals surface area contributed by atoms with Crippen molar-refractivity contribution in [3.63, 3.8) is 0 Å². The molecule has 0 aliphatic rings. The van der Waals surface area contributed by atoms with Gasteiger partial charge in [0.05, 0.1) is 17.9 Å². The van der Waals surface area contributed by atoms with E-state index in [0.29, 0.717) is 6.42 Å². The van der Waals surface area contributed by atoms with Crippen LogP contribution in [0, 0.1) is 0 Å². The fraction of sp³-hybridized carbons (Fsp3) is 0.941. The smallest absolute Gasteiger partial charge is 0.267 e. The van der Waals surface area contributed by atoms with Gasteiger partial charge in [-0.25, -0.2) is 0 Å². The quantitative estimate of drug-likeness (QED) is 0.0274. The van der Waals surface area contributed by atoms with Crippen molar-refractivity contribution in [3.05, 3.63) is 12.2 Å². The van der Waals surface area contributed by atoms with Crippen molar-refractivity contribution in [3.8, 4) is 0 Å². The zero-order valence-electron chi connectivity index (χ0n) is 39.3. The first kappa shape index (κ1) is 58.0. The number of allylic oxidation sites excluding steroid dienone is 1. The molecule has 0 saturated carbocycles. The van der Waals surface area contributed by atoms with Gasteiger partial charge >= 0.3 is 0 Å². The van der Waals surface area contributed by atoms with Crippen LogP contribution in [0.3, 0.4) is 0 Å². The van der Waals surface area contributed by atoms with Gasteiger partial charge in [0, 0.05) is 0 Å². The Labute approximate surface area is 367 Å². The lowest BCUT2D eigenvalue weighted by atomic mass is 10.0.